The Morgan fingerprint density at radius 1 is 1.33 bits per heavy atom. The van der Waals surface area contributed by atoms with E-state index in [0.717, 1.165) is 12.8 Å². The summed E-state index contributed by atoms with van der Waals surface area (Å²) in [6.45, 7) is 6.45. The smallest absolute Gasteiger partial charge is 0.211 e. The number of hydrogen-bond donors (Lipinski definition) is 1. The fraction of sp³-hybridized carbons (Fsp3) is 1.00. The van der Waals surface area contributed by atoms with Crippen LogP contribution < -0.4 is 4.72 Å². The molecule has 0 aliphatic heterocycles. The Morgan fingerprint density at radius 3 is 2.40 bits per heavy atom. The molecule has 3 nitrogen and oxygen atoms in total. The Balaban J connectivity index is 3.82. The highest BCUT2D eigenvalue weighted by Gasteiger charge is 2.13. The Bertz CT molecular complexity index is 252. The number of unbranched alkanes of at least 4 members (excludes halogenated alkanes) is 1. The zero-order valence-electron chi connectivity index (χ0n) is 9.79. The molecule has 0 aliphatic carbocycles. The van der Waals surface area contributed by atoms with Gasteiger partial charge in [0.25, 0.3) is 0 Å². The average Bonchev–Trinajstić information content (AvgIpc) is 2.11. The molecule has 1 unspecified atom stereocenters. The molecule has 15 heavy (non-hydrogen) atoms. The van der Waals surface area contributed by atoms with E-state index < -0.39 is 10.0 Å². The highest BCUT2D eigenvalue weighted by Crippen LogP contribution is 2.09. The normalized spacial score (nSPS) is 14.5. The predicted octanol–water partition coefficient (Wildman–Crippen LogP) is 2.36. The first-order valence-electron chi connectivity index (χ1n) is 5.48. The van der Waals surface area contributed by atoms with E-state index in [-0.39, 0.29) is 11.1 Å². The molecule has 0 spiro atoms. The molecule has 0 bridgehead atoms. The van der Waals surface area contributed by atoms with Crippen LogP contribution in [0.25, 0.3) is 0 Å². The number of alkyl halides is 1. The number of hydrogen-bond acceptors (Lipinski definition) is 2. The third-order valence-electron chi connectivity index (χ3n) is 2.02. The van der Waals surface area contributed by atoms with E-state index in [0.29, 0.717) is 18.9 Å². The van der Waals surface area contributed by atoms with Crippen LogP contribution >= 0.6 is 11.6 Å². The molecule has 92 valence electrons. The summed E-state index contributed by atoms with van der Waals surface area (Å²) < 4.78 is 25.4. The van der Waals surface area contributed by atoms with E-state index in [1.807, 2.05) is 6.92 Å². The van der Waals surface area contributed by atoms with E-state index in [4.69, 9.17) is 11.6 Å². The topological polar surface area (TPSA) is 46.2 Å². The van der Waals surface area contributed by atoms with E-state index in [1.165, 1.54) is 0 Å². The molecule has 0 aromatic carbocycles. The van der Waals surface area contributed by atoms with Gasteiger partial charge in [-0.3, -0.25) is 0 Å². The largest absolute Gasteiger partial charge is 0.214 e. The van der Waals surface area contributed by atoms with Gasteiger partial charge in [0.2, 0.25) is 10.0 Å². The highest BCUT2D eigenvalue weighted by atomic mass is 35.5. The minimum Gasteiger partial charge on any atom is -0.214 e. The van der Waals surface area contributed by atoms with Crippen LogP contribution in [-0.2, 0) is 10.0 Å². The lowest BCUT2D eigenvalue weighted by atomic mass is 10.1. The van der Waals surface area contributed by atoms with Crippen molar-refractivity contribution in [2.75, 3.05) is 12.3 Å². The molecule has 0 fully saturated rings. The van der Waals surface area contributed by atoms with Crippen LogP contribution in [0.4, 0.5) is 0 Å². The maximum atomic E-state index is 11.4. The number of sulfonamides is 1. The zero-order valence-corrected chi connectivity index (χ0v) is 11.4. The van der Waals surface area contributed by atoms with Crippen molar-refractivity contribution >= 4 is 21.6 Å². The van der Waals surface area contributed by atoms with Crippen LogP contribution in [-0.4, -0.2) is 26.1 Å². The van der Waals surface area contributed by atoms with Crippen LogP contribution in [0.1, 0.15) is 40.0 Å². The Labute approximate surface area is 98.6 Å². The van der Waals surface area contributed by atoms with Crippen LogP contribution in [0, 0.1) is 5.92 Å². The van der Waals surface area contributed by atoms with E-state index in [9.17, 15) is 8.42 Å². The van der Waals surface area contributed by atoms with Crippen molar-refractivity contribution in [3.63, 3.8) is 0 Å². The minimum absolute atomic E-state index is 0.110. The third kappa shape index (κ3) is 9.15. The van der Waals surface area contributed by atoms with Crippen molar-refractivity contribution in [3.05, 3.63) is 0 Å². The molecule has 0 aromatic heterocycles. The molecule has 0 amide bonds. The van der Waals surface area contributed by atoms with Gasteiger partial charge in [-0.15, -0.1) is 11.6 Å². The van der Waals surface area contributed by atoms with Crippen molar-refractivity contribution in [2.45, 2.75) is 45.4 Å². The molecule has 0 aromatic rings. The standard InChI is InChI=1S/C10H22ClNO2S/c1-4-5-6-15(13,14)12-8-10(11)7-9(2)3/h9-10,12H,4-8H2,1-3H3. The number of nitrogens with one attached hydrogen (secondary N) is 1. The molecule has 0 radical (unpaired) electrons. The van der Waals surface area contributed by atoms with E-state index in [1.54, 1.807) is 0 Å². The van der Waals surface area contributed by atoms with Gasteiger partial charge >= 0.3 is 0 Å². The molecule has 0 saturated heterocycles. The summed E-state index contributed by atoms with van der Waals surface area (Å²) >= 11 is 5.99. The summed E-state index contributed by atoms with van der Waals surface area (Å²) in [4.78, 5) is 0. The fourth-order valence-electron chi connectivity index (χ4n) is 1.22. The average molecular weight is 256 g/mol. The Kier molecular flexibility index (Phi) is 7.57. The molecule has 0 heterocycles. The minimum atomic E-state index is -3.11. The van der Waals surface area contributed by atoms with Gasteiger partial charge in [0.15, 0.2) is 0 Å². The second-order valence-corrected chi connectivity index (χ2v) is 6.79. The first-order chi connectivity index (χ1) is 6.87. The van der Waals surface area contributed by atoms with Gasteiger partial charge in [-0.05, 0) is 18.8 Å². The lowest BCUT2D eigenvalue weighted by Crippen LogP contribution is -2.32. The fourth-order valence-corrected chi connectivity index (χ4v) is 3.01. The highest BCUT2D eigenvalue weighted by molar-refractivity contribution is 7.89. The Morgan fingerprint density at radius 2 is 1.93 bits per heavy atom. The monoisotopic (exact) mass is 255 g/mol. The summed E-state index contributed by atoms with van der Waals surface area (Å²) in [6.07, 6.45) is 2.42. The quantitative estimate of drug-likeness (QED) is 0.677. The maximum absolute atomic E-state index is 11.4. The number of rotatable bonds is 8. The second kappa shape index (κ2) is 7.47. The second-order valence-electron chi connectivity index (χ2n) is 4.25. The summed E-state index contributed by atoms with van der Waals surface area (Å²) in [5.74, 6) is 0.696. The lowest BCUT2D eigenvalue weighted by molar-refractivity contribution is 0.543. The van der Waals surface area contributed by atoms with Crippen LogP contribution in [0.5, 0.6) is 0 Å². The van der Waals surface area contributed by atoms with Crippen LogP contribution in [0.2, 0.25) is 0 Å². The summed E-state index contributed by atoms with van der Waals surface area (Å²) in [7, 11) is -3.11. The van der Waals surface area contributed by atoms with Crippen LogP contribution in [0.3, 0.4) is 0 Å². The molecular formula is C10H22ClNO2S. The van der Waals surface area contributed by atoms with Crippen molar-refractivity contribution in [1.82, 2.24) is 4.72 Å². The molecule has 0 aliphatic rings. The first-order valence-corrected chi connectivity index (χ1v) is 7.57. The van der Waals surface area contributed by atoms with E-state index in [2.05, 4.69) is 18.6 Å². The molecule has 5 heteroatoms. The summed E-state index contributed by atoms with van der Waals surface area (Å²) in [6, 6.07) is 0. The molecule has 0 rings (SSSR count). The van der Waals surface area contributed by atoms with Gasteiger partial charge in [-0.2, -0.15) is 0 Å². The van der Waals surface area contributed by atoms with Crippen molar-refractivity contribution in [3.8, 4) is 0 Å². The zero-order chi connectivity index (χ0) is 11.9. The van der Waals surface area contributed by atoms with Gasteiger partial charge in [-0.25, -0.2) is 13.1 Å². The predicted molar refractivity (Wildman–Crippen MR) is 65.8 cm³/mol. The number of halogens is 1. The van der Waals surface area contributed by atoms with Crippen molar-refractivity contribution in [1.29, 1.82) is 0 Å². The first kappa shape index (κ1) is 15.2. The van der Waals surface area contributed by atoms with Gasteiger partial charge in [0.05, 0.1) is 5.75 Å². The van der Waals surface area contributed by atoms with Crippen LogP contribution in [0.15, 0.2) is 0 Å². The molecular weight excluding hydrogens is 234 g/mol. The van der Waals surface area contributed by atoms with Crippen molar-refractivity contribution < 1.29 is 8.42 Å². The van der Waals surface area contributed by atoms with Gasteiger partial charge in [0, 0.05) is 11.9 Å². The van der Waals surface area contributed by atoms with Gasteiger partial charge in [0.1, 0.15) is 0 Å². The van der Waals surface area contributed by atoms with Crippen molar-refractivity contribution in [2.24, 2.45) is 5.92 Å². The molecule has 0 saturated carbocycles. The molecule has 1 atom stereocenters. The summed E-state index contributed by atoms with van der Waals surface area (Å²) in [5, 5.41) is -0.110. The maximum Gasteiger partial charge on any atom is 0.211 e. The Hall–Kier alpha value is 0.200. The van der Waals surface area contributed by atoms with Gasteiger partial charge in [-0.1, -0.05) is 27.2 Å². The SMILES string of the molecule is CCCCS(=O)(=O)NCC(Cl)CC(C)C. The van der Waals surface area contributed by atoms with Gasteiger partial charge < -0.3 is 0 Å². The summed E-state index contributed by atoms with van der Waals surface area (Å²) in [5.41, 5.74) is 0. The molecule has 1 N–H and O–H groups in total. The third-order valence-corrected chi connectivity index (χ3v) is 3.78. The van der Waals surface area contributed by atoms with E-state index >= 15 is 0 Å². The lowest BCUT2D eigenvalue weighted by Gasteiger charge is -2.13.